The summed E-state index contributed by atoms with van der Waals surface area (Å²) in [5.74, 6) is 2.32. The number of hydrogen-bond donors (Lipinski definition) is 2. The molecule has 1 rings (SSSR count). The Morgan fingerprint density at radius 2 is 2.06 bits per heavy atom. The fraction of sp³-hybridized carbons (Fsp3) is 0.667. The van der Waals surface area contributed by atoms with E-state index in [2.05, 4.69) is 27.5 Å². The highest BCUT2D eigenvalue weighted by Crippen LogP contribution is 2.21. The summed E-state index contributed by atoms with van der Waals surface area (Å²) < 4.78 is 11.2. The molecular weight excluding hydrogens is 248 g/mol. The predicted octanol–water partition coefficient (Wildman–Crippen LogP) is 1.65. The standard InChI is InChI=1S/C12H22N4OS/c1-5-6-10-11(13-3)14-8-15-12(10)16-9(2)7-18(4)17/h8-9H,5-7H2,1-4H3,(H2,13,14,15,16). The van der Waals surface area contributed by atoms with E-state index in [0.717, 1.165) is 30.0 Å². The maximum absolute atomic E-state index is 11.2. The van der Waals surface area contributed by atoms with E-state index in [1.807, 2.05) is 14.0 Å². The van der Waals surface area contributed by atoms with Gasteiger partial charge in [-0.25, -0.2) is 9.97 Å². The van der Waals surface area contributed by atoms with Gasteiger partial charge in [-0.3, -0.25) is 4.21 Å². The molecule has 0 radical (unpaired) electrons. The molecule has 0 amide bonds. The van der Waals surface area contributed by atoms with E-state index in [1.165, 1.54) is 0 Å². The Kier molecular flexibility index (Phi) is 6.04. The quantitative estimate of drug-likeness (QED) is 0.788. The minimum absolute atomic E-state index is 0.131. The van der Waals surface area contributed by atoms with Crippen LogP contribution in [0, 0.1) is 0 Å². The van der Waals surface area contributed by atoms with Gasteiger partial charge < -0.3 is 10.6 Å². The van der Waals surface area contributed by atoms with Crippen molar-refractivity contribution in [1.82, 2.24) is 9.97 Å². The second kappa shape index (κ2) is 7.31. The molecule has 2 unspecified atom stereocenters. The first-order valence-electron chi connectivity index (χ1n) is 6.16. The predicted molar refractivity (Wildman–Crippen MR) is 77.6 cm³/mol. The van der Waals surface area contributed by atoms with Gasteiger partial charge in [0.05, 0.1) is 0 Å². The van der Waals surface area contributed by atoms with Crippen LogP contribution in [0.4, 0.5) is 11.6 Å². The summed E-state index contributed by atoms with van der Waals surface area (Å²) >= 11 is 0. The first kappa shape index (κ1) is 14.9. The minimum atomic E-state index is -0.808. The van der Waals surface area contributed by atoms with Gasteiger partial charge in [-0.05, 0) is 13.3 Å². The summed E-state index contributed by atoms with van der Waals surface area (Å²) in [7, 11) is 1.05. The Morgan fingerprint density at radius 1 is 1.39 bits per heavy atom. The van der Waals surface area contributed by atoms with Crippen LogP contribution in [0.15, 0.2) is 6.33 Å². The lowest BCUT2D eigenvalue weighted by Crippen LogP contribution is -2.24. The molecule has 102 valence electrons. The van der Waals surface area contributed by atoms with E-state index in [1.54, 1.807) is 12.6 Å². The molecule has 0 aliphatic carbocycles. The summed E-state index contributed by atoms with van der Waals surface area (Å²) in [5, 5.41) is 6.40. The lowest BCUT2D eigenvalue weighted by molar-refractivity contribution is 0.682. The van der Waals surface area contributed by atoms with Crippen molar-refractivity contribution in [1.29, 1.82) is 0 Å². The van der Waals surface area contributed by atoms with Crippen LogP contribution < -0.4 is 10.6 Å². The fourth-order valence-electron chi connectivity index (χ4n) is 1.87. The monoisotopic (exact) mass is 270 g/mol. The zero-order valence-corrected chi connectivity index (χ0v) is 12.3. The maximum atomic E-state index is 11.2. The molecule has 1 heterocycles. The van der Waals surface area contributed by atoms with Gasteiger partial charge in [-0.1, -0.05) is 13.3 Å². The largest absolute Gasteiger partial charge is 0.373 e. The normalized spacial score (nSPS) is 14.0. The lowest BCUT2D eigenvalue weighted by atomic mass is 10.1. The van der Waals surface area contributed by atoms with Crippen molar-refractivity contribution in [3.63, 3.8) is 0 Å². The third-order valence-corrected chi connectivity index (χ3v) is 3.52. The van der Waals surface area contributed by atoms with Crippen LogP contribution in [0.1, 0.15) is 25.8 Å². The molecule has 1 aromatic heterocycles. The van der Waals surface area contributed by atoms with Crippen LogP contribution in [0.2, 0.25) is 0 Å². The number of aromatic nitrogens is 2. The van der Waals surface area contributed by atoms with Gasteiger partial charge in [0.15, 0.2) is 0 Å². The fourth-order valence-corrected chi connectivity index (χ4v) is 2.65. The highest BCUT2D eigenvalue weighted by atomic mass is 32.2. The SMILES string of the molecule is CCCc1c(NC)ncnc1NC(C)CS(C)=O. The summed E-state index contributed by atoms with van der Waals surface area (Å²) in [5.41, 5.74) is 1.09. The van der Waals surface area contributed by atoms with Crippen LogP contribution in [0.5, 0.6) is 0 Å². The molecule has 2 N–H and O–H groups in total. The van der Waals surface area contributed by atoms with Gasteiger partial charge >= 0.3 is 0 Å². The van der Waals surface area contributed by atoms with E-state index < -0.39 is 10.8 Å². The van der Waals surface area contributed by atoms with Gasteiger partial charge in [0.1, 0.15) is 18.0 Å². The van der Waals surface area contributed by atoms with E-state index >= 15 is 0 Å². The van der Waals surface area contributed by atoms with Gasteiger partial charge in [-0.15, -0.1) is 0 Å². The first-order chi connectivity index (χ1) is 8.58. The highest BCUT2D eigenvalue weighted by molar-refractivity contribution is 7.84. The Morgan fingerprint density at radius 3 is 2.61 bits per heavy atom. The average Bonchev–Trinajstić information content (AvgIpc) is 2.30. The smallest absolute Gasteiger partial charge is 0.134 e. The van der Waals surface area contributed by atoms with E-state index in [-0.39, 0.29) is 6.04 Å². The van der Waals surface area contributed by atoms with Crippen molar-refractivity contribution < 1.29 is 4.21 Å². The van der Waals surface area contributed by atoms with Crippen LogP contribution in [-0.2, 0) is 17.2 Å². The molecule has 0 bridgehead atoms. The summed E-state index contributed by atoms with van der Waals surface area (Å²) in [6.45, 7) is 4.14. The molecule has 2 atom stereocenters. The summed E-state index contributed by atoms with van der Waals surface area (Å²) in [6, 6.07) is 0.131. The minimum Gasteiger partial charge on any atom is -0.373 e. The second-order valence-electron chi connectivity index (χ2n) is 4.33. The Balaban J connectivity index is 2.89. The van der Waals surface area contributed by atoms with Gasteiger partial charge in [-0.2, -0.15) is 0 Å². The van der Waals surface area contributed by atoms with Crippen molar-refractivity contribution in [2.24, 2.45) is 0 Å². The summed E-state index contributed by atoms with van der Waals surface area (Å²) in [4.78, 5) is 8.51. The van der Waals surface area contributed by atoms with Crippen LogP contribution in [0.25, 0.3) is 0 Å². The Bertz CT molecular complexity index is 411. The molecule has 5 nitrogen and oxygen atoms in total. The number of rotatable bonds is 7. The third-order valence-electron chi connectivity index (χ3n) is 2.55. The van der Waals surface area contributed by atoms with Crippen molar-refractivity contribution in [3.8, 4) is 0 Å². The number of nitrogens with one attached hydrogen (secondary N) is 2. The Hall–Kier alpha value is -1.17. The van der Waals surface area contributed by atoms with Gasteiger partial charge in [0.25, 0.3) is 0 Å². The molecule has 0 saturated carbocycles. The topological polar surface area (TPSA) is 66.9 Å². The van der Waals surface area contributed by atoms with E-state index in [9.17, 15) is 4.21 Å². The van der Waals surface area contributed by atoms with Crippen molar-refractivity contribution in [2.75, 3.05) is 29.7 Å². The molecule has 18 heavy (non-hydrogen) atoms. The van der Waals surface area contributed by atoms with Crippen molar-refractivity contribution in [3.05, 3.63) is 11.9 Å². The zero-order valence-electron chi connectivity index (χ0n) is 11.5. The average molecular weight is 270 g/mol. The maximum Gasteiger partial charge on any atom is 0.134 e. The number of nitrogens with zero attached hydrogens (tertiary/aromatic N) is 2. The van der Waals surface area contributed by atoms with E-state index in [0.29, 0.717) is 5.75 Å². The molecule has 0 aliphatic rings. The summed E-state index contributed by atoms with van der Waals surface area (Å²) in [6.07, 6.45) is 5.21. The van der Waals surface area contributed by atoms with Gasteiger partial charge in [0, 0.05) is 41.5 Å². The second-order valence-corrected chi connectivity index (χ2v) is 5.81. The molecule has 6 heteroatoms. The molecular formula is C12H22N4OS. The third kappa shape index (κ3) is 4.25. The van der Waals surface area contributed by atoms with Crippen LogP contribution in [-0.4, -0.2) is 39.3 Å². The van der Waals surface area contributed by atoms with Crippen LogP contribution >= 0.6 is 0 Å². The molecule has 0 saturated heterocycles. The molecule has 0 aliphatic heterocycles. The first-order valence-corrected chi connectivity index (χ1v) is 7.89. The molecule has 0 fully saturated rings. The number of hydrogen-bond acceptors (Lipinski definition) is 5. The Labute approximate surface area is 111 Å². The van der Waals surface area contributed by atoms with Crippen molar-refractivity contribution in [2.45, 2.75) is 32.7 Å². The van der Waals surface area contributed by atoms with Crippen molar-refractivity contribution >= 4 is 22.4 Å². The van der Waals surface area contributed by atoms with E-state index in [4.69, 9.17) is 0 Å². The lowest BCUT2D eigenvalue weighted by Gasteiger charge is -2.17. The zero-order chi connectivity index (χ0) is 13.5. The number of anilines is 2. The molecule has 0 aromatic carbocycles. The molecule has 1 aromatic rings. The highest BCUT2D eigenvalue weighted by Gasteiger charge is 2.12. The molecule has 0 spiro atoms. The van der Waals surface area contributed by atoms with Gasteiger partial charge in [0.2, 0.25) is 0 Å². The van der Waals surface area contributed by atoms with Crippen LogP contribution in [0.3, 0.4) is 0 Å².